The van der Waals surface area contributed by atoms with Gasteiger partial charge >= 0.3 is 17.9 Å². The molecule has 1 unspecified atom stereocenters. The molecule has 0 aromatic heterocycles. The summed E-state index contributed by atoms with van der Waals surface area (Å²) in [7, 11) is 0. The van der Waals surface area contributed by atoms with E-state index in [1.165, 1.54) is 77.0 Å². The van der Waals surface area contributed by atoms with Gasteiger partial charge < -0.3 is 14.2 Å². The second kappa shape index (κ2) is 56.7. The van der Waals surface area contributed by atoms with E-state index in [1.54, 1.807) is 0 Å². The fraction of sp³-hybridized carbons (Fsp3) is 0.667. The zero-order valence-corrected chi connectivity index (χ0v) is 44.8. The van der Waals surface area contributed by atoms with Crippen molar-refractivity contribution in [2.75, 3.05) is 13.2 Å². The molecule has 0 saturated carbocycles. The van der Waals surface area contributed by atoms with Gasteiger partial charge in [-0.2, -0.15) is 0 Å². The van der Waals surface area contributed by atoms with Gasteiger partial charge in [0.25, 0.3) is 0 Å². The monoisotopic (exact) mass is 957 g/mol. The maximum atomic E-state index is 12.8. The van der Waals surface area contributed by atoms with Crippen LogP contribution in [0.1, 0.15) is 252 Å². The number of unbranched alkanes of at least 4 members (excludes halogenated alkanes) is 21. The summed E-state index contributed by atoms with van der Waals surface area (Å²) in [6.45, 7) is 6.35. The van der Waals surface area contributed by atoms with E-state index >= 15 is 0 Å². The zero-order chi connectivity index (χ0) is 50.0. The number of esters is 3. The van der Waals surface area contributed by atoms with Crippen LogP contribution >= 0.6 is 0 Å². The van der Waals surface area contributed by atoms with Crippen LogP contribution in [0.3, 0.4) is 0 Å². The lowest BCUT2D eigenvalue weighted by Crippen LogP contribution is -2.30. The van der Waals surface area contributed by atoms with Crippen LogP contribution in [0.2, 0.25) is 0 Å². The fourth-order valence-electron chi connectivity index (χ4n) is 7.58. The second-order valence-electron chi connectivity index (χ2n) is 18.4. The van der Waals surface area contributed by atoms with Crippen molar-refractivity contribution in [3.05, 3.63) is 109 Å². The van der Waals surface area contributed by atoms with Gasteiger partial charge in [0.2, 0.25) is 0 Å². The Morgan fingerprint density at radius 2 is 0.565 bits per heavy atom. The van der Waals surface area contributed by atoms with E-state index in [0.29, 0.717) is 19.3 Å². The lowest BCUT2D eigenvalue weighted by atomic mass is 10.1. The third kappa shape index (κ3) is 54.9. The van der Waals surface area contributed by atoms with Gasteiger partial charge in [0.15, 0.2) is 6.10 Å². The van der Waals surface area contributed by atoms with Crippen LogP contribution in [0.25, 0.3) is 0 Å². The molecule has 1 atom stereocenters. The molecule has 0 amide bonds. The van der Waals surface area contributed by atoms with Gasteiger partial charge in [0.1, 0.15) is 13.2 Å². The summed E-state index contributed by atoms with van der Waals surface area (Å²) >= 11 is 0. The van der Waals surface area contributed by atoms with Crippen LogP contribution in [0.4, 0.5) is 0 Å². The van der Waals surface area contributed by atoms with E-state index < -0.39 is 6.10 Å². The number of rotatable bonds is 50. The smallest absolute Gasteiger partial charge is 0.306 e. The molecule has 0 aromatic carbocycles. The highest BCUT2D eigenvalue weighted by Crippen LogP contribution is 2.14. The Balaban J connectivity index is 4.24. The van der Waals surface area contributed by atoms with Crippen LogP contribution in [0.5, 0.6) is 0 Å². The standard InChI is InChI=1S/C63H104O6/c1-4-7-10-13-16-18-20-22-24-26-28-29-30-31-32-33-35-36-38-40-42-44-47-50-53-56-62(65)68-59-60(58-67-61(64)55-52-49-46-15-12-9-6-3)69-63(66)57-54-51-48-45-43-41-39-37-34-27-25-23-21-19-17-14-11-8-5-2/h7-8,10-11,16-19,22-25,28-29,31-32,34,37,60H,4-6,9,12-15,20-21,26-27,30,33,35-36,38-59H2,1-3H3/b10-7-,11-8-,18-16-,19-17-,24-22-,25-23-,29-28-,32-31-,37-34-. The molecule has 0 spiro atoms. The highest BCUT2D eigenvalue weighted by molar-refractivity contribution is 5.71. The highest BCUT2D eigenvalue weighted by Gasteiger charge is 2.19. The van der Waals surface area contributed by atoms with Crippen LogP contribution in [-0.2, 0) is 28.6 Å². The maximum absolute atomic E-state index is 12.8. The first kappa shape index (κ1) is 65.1. The molecule has 0 aliphatic carbocycles. The Morgan fingerprint density at radius 3 is 0.884 bits per heavy atom. The molecule has 0 heterocycles. The average Bonchev–Trinajstić information content (AvgIpc) is 3.35. The largest absolute Gasteiger partial charge is 0.462 e. The van der Waals surface area contributed by atoms with Crippen molar-refractivity contribution in [1.29, 1.82) is 0 Å². The molecular weight excluding hydrogens is 853 g/mol. The van der Waals surface area contributed by atoms with Crippen molar-refractivity contribution in [2.45, 2.75) is 258 Å². The van der Waals surface area contributed by atoms with Crippen LogP contribution in [-0.4, -0.2) is 37.2 Å². The summed E-state index contributed by atoms with van der Waals surface area (Å²) in [4.78, 5) is 38.0. The molecule has 6 heteroatoms. The molecule has 0 aliphatic heterocycles. The zero-order valence-electron chi connectivity index (χ0n) is 44.8. The van der Waals surface area contributed by atoms with Gasteiger partial charge in [0.05, 0.1) is 0 Å². The van der Waals surface area contributed by atoms with Gasteiger partial charge in [-0.3, -0.25) is 14.4 Å². The maximum Gasteiger partial charge on any atom is 0.306 e. The van der Waals surface area contributed by atoms with Crippen LogP contribution in [0.15, 0.2) is 109 Å². The molecule has 0 fully saturated rings. The van der Waals surface area contributed by atoms with Gasteiger partial charge in [-0.25, -0.2) is 0 Å². The van der Waals surface area contributed by atoms with Crippen molar-refractivity contribution in [2.24, 2.45) is 0 Å². The first-order chi connectivity index (χ1) is 34.0. The average molecular weight is 958 g/mol. The summed E-state index contributed by atoms with van der Waals surface area (Å²) in [6, 6.07) is 0. The normalized spacial score (nSPS) is 12.9. The first-order valence-electron chi connectivity index (χ1n) is 28.4. The molecule has 0 bridgehead atoms. The van der Waals surface area contributed by atoms with Crippen LogP contribution in [0, 0.1) is 0 Å². The van der Waals surface area contributed by atoms with Gasteiger partial charge in [-0.05, 0) is 103 Å². The molecule has 0 aliphatic rings. The van der Waals surface area contributed by atoms with E-state index in [-0.39, 0.29) is 31.1 Å². The summed E-state index contributed by atoms with van der Waals surface area (Å²) < 4.78 is 16.8. The minimum Gasteiger partial charge on any atom is -0.462 e. The van der Waals surface area contributed by atoms with E-state index in [9.17, 15) is 14.4 Å². The summed E-state index contributed by atoms with van der Waals surface area (Å²) in [5.74, 6) is -0.914. The molecular formula is C63H104O6. The second-order valence-corrected chi connectivity index (χ2v) is 18.4. The van der Waals surface area contributed by atoms with E-state index in [1.807, 2.05) is 0 Å². The Kier molecular flexibility index (Phi) is 53.4. The lowest BCUT2D eigenvalue weighted by molar-refractivity contribution is -0.167. The van der Waals surface area contributed by atoms with Crippen molar-refractivity contribution in [1.82, 2.24) is 0 Å². The molecule has 0 radical (unpaired) electrons. The Labute approximate surface area is 425 Å². The van der Waals surface area contributed by atoms with Crippen molar-refractivity contribution >= 4 is 17.9 Å². The van der Waals surface area contributed by atoms with Crippen molar-refractivity contribution < 1.29 is 28.6 Å². The molecule has 392 valence electrons. The summed E-state index contributed by atoms with van der Waals surface area (Å²) in [6.07, 6.45) is 76.7. The molecule has 0 N–H and O–H groups in total. The predicted octanol–water partition coefficient (Wildman–Crippen LogP) is 19.1. The van der Waals surface area contributed by atoms with Crippen molar-refractivity contribution in [3.8, 4) is 0 Å². The number of carbonyl (C=O) groups is 3. The summed E-state index contributed by atoms with van der Waals surface area (Å²) in [5, 5.41) is 0. The predicted molar refractivity (Wildman–Crippen MR) is 297 cm³/mol. The SMILES string of the molecule is CC/C=C\C/C=C\C/C=C\C/C=C\C/C=C\CCCCCCCCCCCC(=O)OCC(COC(=O)CCCCCCCCC)OC(=O)CCCCCCCC/C=C\C/C=C\C/C=C\C/C=C\CC. The molecule has 6 nitrogen and oxygen atoms in total. The Bertz CT molecular complexity index is 1420. The van der Waals surface area contributed by atoms with Crippen LogP contribution < -0.4 is 0 Å². The van der Waals surface area contributed by atoms with Gasteiger partial charge in [0, 0.05) is 19.3 Å². The topological polar surface area (TPSA) is 78.9 Å². The Morgan fingerprint density at radius 1 is 0.304 bits per heavy atom. The highest BCUT2D eigenvalue weighted by atomic mass is 16.6. The fourth-order valence-corrected chi connectivity index (χ4v) is 7.58. The number of allylic oxidation sites excluding steroid dienone is 18. The quantitative estimate of drug-likeness (QED) is 0.0262. The lowest BCUT2D eigenvalue weighted by Gasteiger charge is -2.18. The molecule has 0 saturated heterocycles. The van der Waals surface area contributed by atoms with E-state index in [2.05, 4.69) is 130 Å². The van der Waals surface area contributed by atoms with Crippen molar-refractivity contribution in [3.63, 3.8) is 0 Å². The minimum absolute atomic E-state index is 0.0863. The molecule has 0 rings (SSSR count). The van der Waals surface area contributed by atoms with Gasteiger partial charge in [-0.15, -0.1) is 0 Å². The van der Waals surface area contributed by atoms with E-state index in [0.717, 1.165) is 135 Å². The van der Waals surface area contributed by atoms with E-state index in [4.69, 9.17) is 14.2 Å². The number of ether oxygens (including phenoxy) is 3. The number of hydrogen-bond acceptors (Lipinski definition) is 6. The number of carbonyl (C=O) groups excluding carboxylic acids is 3. The third-order valence-electron chi connectivity index (χ3n) is 11.8. The van der Waals surface area contributed by atoms with Gasteiger partial charge in [-0.1, -0.05) is 239 Å². The molecule has 69 heavy (non-hydrogen) atoms. The third-order valence-corrected chi connectivity index (χ3v) is 11.8. The minimum atomic E-state index is -0.787. The molecule has 0 aromatic rings. The first-order valence-corrected chi connectivity index (χ1v) is 28.4. The Hall–Kier alpha value is -3.93. The number of hydrogen-bond donors (Lipinski definition) is 0. The summed E-state index contributed by atoms with van der Waals surface area (Å²) in [5.41, 5.74) is 0.